The second-order valence-corrected chi connectivity index (χ2v) is 9.13. The van der Waals surface area contributed by atoms with E-state index in [1.807, 2.05) is 24.3 Å². The summed E-state index contributed by atoms with van der Waals surface area (Å²) in [7, 11) is 0. The van der Waals surface area contributed by atoms with Crippen molar-refractivity contribution in [2.45, 2.75) is 32.1 Å². The quantitative estimate of drug-likeness (QED) is 0.517. The Labute approximate surface area is 205 Å². The number of amides is 4. The molecule has 4 aliphatic rings. The maximum atomic E-state index is 11.1. The third kappa shape index (κ3) is 6.21. The van der Waals surface area contributed by atoms with Crippen LogP contribution < -0.4 is 10.6 Å². The van der Waals surface area contributed by atoms with Gasteiger partial charge in [0.25, 0.3) is 0 Å². The van der Waals surface area contributed by atoms with E-state index in [2.05, 4.69) is 71.3 Å². The molecule has 0 spiro atoms. The number of nitrogens with one attached hydrogen (secondary N) is 2. The van der Waals surface area contributed by atoms with Crippen LogP contribution in [-0.4, -0.2) is 23.6 Å². The Balaban J connectivity index is 0.000000124. The molecule has 0 aromatic heterocycles. The van der Waals surface area contributed by atoms with Gasteiger partial charge >= 0.3 is 0 Å². The van der Waals surface area contributed by atoms with Crippen LogP contribution in [0, 0.1) is 23.7 Å². The highest BCUT2D eigenvalue weighted by Gasteiger charge is 2.41. The Hall–Kier alpha value is -3.80. The van der Waals surface area contributed by atoms with Crippen molar-refractivity contribution in [3.8, 4) is 0 Å². The third-order valence-corrected chi connectivity index (χ3v) is 6.71. The van der Waals surface area contributed by atoms with Gasteiger partial charge in [0.2, 0.25) is 23.6 Å². The number of fused-ring (bicyclic) bond motifs is 2. The summed E-state index contributed by atoms with van der Waals surface area (Å²) in [5, 5.41) is 4.66. The van der Waals surface area contributed by atoms with Crippen LogP contribution in [0.2, 0.25) is 0 Å². The van der Waals surface area contributed by atoms with E-state index in [1.54, 1.807) is 0 Å². The number of hydrogen-bond acceptors (Lipinski definition) is 4. The standard InChI is InChI=1S/C13H12.2C8H9NO2/c1-3-7-12(8-4-1)11-13-9-5-2-6-10-13;2*10-7-5-3-1-2-4-6(5)8(11)9-7/h1-10H,11H2;2*1,3,5-6H,2,4H2,(H,9,10,11). The molecule has 6 nitrogen and oxygen atoms in total. The minimum Gasteiger partial charge on any atom is -0.296 e. The molecule has 35 heavy (non-hydrogen) atoms. The predicted molar refractivity (Wildman–Crippen MR) is 133 cm³/mol. The summed E-state index contributed by atoms with van der Waals surface area (Å²) in [6, 6.07) is 21.1. The van der Waals surface area contributed by atoms with E-state index in [0.29, 0.717) is 0 Å². The first-order valence-electron chi connectivity index (χ1n) is 12.1. The molecule has 2 aromatic rings. The fourth-order valence-corrected chi connectivity index (χ4v) is 4.82. The molecule has 6 rings (SSSR count). The van der Waals surface area contributed by atoms with Crippen molar-refractivity contribution in [2.75, 3.05) is 0 Å². The van der Waals surface area contributed by atoms with Gasteiger partial charge < -0.3 is 0 Å². The molecule has 0 saturated carbocycles. The van der Waals surface area contributed by atoms with Gasteiger partial charge in [-0.05, 0) is 43.2 Å². The fraction of sp³-hybridized carbons (Fsp3) is 0.310. The van der Waals surface area contributed by atoms with Crippen LogP contribution in [0.3, 0.4) is 0 Å². The normalized spacial score (nSPS) is 25.8. The van der Waals surface area contributed by atoms with E-state index in [0.717, 1.165) is 32.1 Å². The van der Waals surface area contributed by atoms with Crippen molar-refractivity contribution in [2.24, 2.45) is 23.7 Å². The summed E-state index contributed by atoms with van der Waals surface area (Å²) in [5.41, 5.74) is 2.74. The van der Waals surface area contributed by atoms with Gasteiger partial charge in [-0.2, -0.15) is 0 Å². The van der Waals surface area contributed by atoms with Gasteiger partial charge in [0.05, 0.1) is 23.7 Å². The molecule has 0 bridgehead atoms. The van der Waals surface area contributed by atoms with Crippen LogP contribution in [0.25, 0.3) is 0 Å². The van der Waals surface area contributed by atoms with E-state index < -0.39 is 0 Å². The highest BCUT2D eigenvalue weighted by atomic mass is 16.2. The molecular weight excluding hydrogens is 440 g/mol. The molecule has 6 heteroatoms. The maximum absolute atomic E-state index is 11.1. The number of carbonyl (C=O) groups excluding carboxylic acids is 4. The first-order chi connectivity index (χ1) is 17.0. The third-order valence-electron chi connectivity index (χ3n) is 6.71. The summed E-state index contributed by atoms with van der Waals surface area (Å²) >= 11 is 0. The van der Waals surface area contributed by atoms with Crippen LogP contribution in [0.4, 0.5) is 0 Å². The molecule has 2 aliphatic heterocycles. The van der Waals surface area contributed by atoms with Crippen LogP contribution >= 0.6 is 0 Å². The molecule has 2 fully saturated rings. The summed E-state index contributed by atoms with van der Waals surface area (Å²) < 4.78 is 0. The second kappa shape index (κ2) is 11.6. The first kappa shape index (κ1) is 24.3. The molecule has 2 saturated heterocycles. The largest absolute Gasteiger partial charge is 0.296 e. The van der Waals surface area contributed by atoms with Crippen molar-refractivity contribution < 1.29 is 19.2 Å². The molecule has 0 radical (unpaired) electrons. The van der Waals surface area contributed by atoms with Crippen molar-refractivity contribution in [1.29, 1.82) is 0 Å². The number of benzene rings is 2. The fourth-order valence-electron chi connectivity index (χ4n) is 4.82. The maximum Gasteiger partial charge on any atom is 0.234 e. The molecule has 2 aliphatic carbocycles. The highest BCUT2D eigenvalue weighted by molar-refractivity contribution is 6.06. The predicted octanol–water partition coefficient (Wildman–Crippen LogP) is 3.73. The van der Waals surface area contributed by atoms with Crippen molar-refractivity contribution in [3.63, 3.8) is 0 Å². The number of hydrogen-bond donors (Lipinski definition) is 2. The molecule has 2 aromatic carbocycles. The zero-order valence-corrected chi connectivity index (χ0v) is 19.6. The zero-order chi connectivity index (χ0) is 24.6. The summed E-state index contributed by atoms with van der Waals surface area (Å²) in [5.74, 6) is -0.937. The average Bonchev–Trinajstić information content (AvgIpc) is 3.35. The number of rotatable bonds is 2. The summed E-state index contributed by atoms with van der Waals surface area (Å²) in [6.07, 6.45) is 12.1. The Morgan fingerprint density at radius 3 is 1.34 bits per heavy atom. The van der Waals surface area contributed by atoms with Crippen LogP contribution in [0.1, 0.15) is 36.8 Å². The monoisotopic (exact) mass is 470 g/mol. The first-order valence-corrected chi connectivity index (χ1v) is 12.1. The molecule has 2 heterocycles. The van der Waals surface area contributed by atoms with Crippen molar-refractivity contribution >= 4 is 23.6 Å². The van der Waals surface area contributed by atoms with Crippen molar-refractivity contribution in [3.05, 3.63) is 96.1 Å². The second-order valence-electron chi connectivity index (χ2n) is 9.13. The number of imide groups is 2. The lowest BCUT2D eigenvalue weighted by molar-refractivity contribution is -0.127. The van der Waals surface area contributed by atoms with Gasteiger partial charge in [-0.3, -0.25) is 29.8 Å². The van der Waals surface area contributed by atoms with Gasteiger partial charge in [0, 0.05) is 0 Å². The average molecular weight is 471 g/mol. The number of carbonyl (C=O) groups is 4. The van der Waals surface area contributed by atoms with Crippen LogP contribution in [-0.2, 0) is 25.6 Å². The molecular formula is C29H30N2O4. The molecule has 2 N–H and O–H groups in total. The minimum absolute atomic E-state index is 0.0764. The molecule has 4 unspecified atom stereocenters. The van der Waals surface area contributed by atoms with Crippen LogP contribution in [0.5, 0.6) is 0 Å². The lowest BCUT2D eigenvalue weighted by Gasteiger charge is -2.14. The van der Waals surface area contributed by atoms with E-state index in [9.17, 15) is 19.2 Å². The molecule has 4 amide bonds. The lowest BCUT2D eigenvalue weighted by Crippen LogP contribution is -2.21. The van der Waals surface area contributed by atoms with Gasteiger partial charge in [0.15, 0.2) is 0 Å². The van der Waals surface area contributed by atoms with Gasteiger partial charge in [0.1, 0.15) is 0 Å². The summed E-state index contributed by atoms with van der Waals surface area (Å²) in [6.45, 7) is 0. The Morgan fingerprint density at radius 1 is 0.571 bits per heavy atom. The van der Waals surface area contributed by atoms with E-state index >= 15 is 0 Å². The van der Waals surface area contributed by atoms with Gasteiger partial charge in [-0.15, -0.1) is 0 Å². The van der Waals surface area contributed by atoms with E-state index in [-0.39, 0.29) is 47.3 Å². The Kier molecular flexibility index (Phi) is 8.03. The van der Waals surface area contributed by atoms with Crippen molar-refractivity contribution in [1.82, 2.24) is 10.6 Å². The SMILES string of the molecule is O=C1NC(=O)C2CCC=CC12.O=C1NC(=O)C2CCC=CC12.c1ccc(Cc2ccccc2)cc1. The Bertz CT molecular complexity index is 1030. The van der Waals surface area contributed by atoms with Gasteiger partial charge in [-0.25, -0.2) is 0 Å². The van der Waals surface area contributed by atoms with E-state index in [1.165, 1.54) is 11.1 Å². The topological polar surface area (TPSA) is 92.3 Å². The summed E-state index contributed by atoms with van der Waals surface area (Å²) in [4.78, 5) is 44.2. The van der Waals surface area contributed by atoms with Gasteiger partial charge in [-0.1, -0.05) is 85.0 Å². The molecule has 180 valence electrons. The lowest BCUT2D eigenvalue weighted by atomic mass is 9.86. The zero-order valence-electron chi connectivity index (χ0n) is 19.6. The smallest absolute Gasteiger partial charge is 0.234 e. The Morgan fingerprint density at radius 2 is 0.971 bits per heavy atom. The number of allylic oxidation sites excluding steroid dienone is 2. The molecule has 4 atom stereocenters. The highest BCUT2D eigenvalue weighted by Crippen LogP contribution is 2.29. The van der Waals surface area contributed by atoms with E-state index in [4.69, 9.17) is 0 Å². The minimum atomic E-state index is -0.170. The van der Waals surface area contributed by atoms with Crippen LogP contribution in [0.15, 0.2) is 85.0 Å².